The zero-order valence-electron chi connectivity index (χ0n) is 14.2. The molecule has 0 saturated carbocycles. The van der Waals surface area contributed by atoms with Crippen molar-refractivity contribution in [1.82, 2.24) is 24.9 Å². The topological polar surface area (TPSA) is 64.7 Å². The summed E-state index contributed by atoms with van der Waals surface area (Å²) < 4.78 is 3.86. The monoisotopic (exact) mass is 325 g/mol. The molecule has 0 saturated heterocycles. The van der Waals surface area contributed by atoms with Gasteiger partial charge in [-0.25, -0.2) is 0 Å². The maximum absolute atomic E-state index is 12.0. The van der Waals surface area contributed by atoms with Crippen molar-refractivity contribution in [3.8, 4) is 0 Å². The van der Waals surface area contributed by atoms with Crippen LogP contribution in [0.1, 0.15) is 24.2 Å². The third-order valence-corrected chi connectivity index (χ3v) is 4.07. The average Bonchev–Trinajstić information content (AvgIpc) is 3.12. The van der Waals surface area contributed by atoms with Crippen LogP contribution in [0.15, 0.2) is 36.5 Å². The first kappa shape index (κ1) is 16.2. The van der Waals surface area contributed by atoms with Gasteiger partial charge in [-0.3, -0.25) is 14.2 Å². The molecular formula is C18H23N5O. The van der Waals surface area contributed by atoms with E-state index in [9.17, 15) is 4.79 Å². The molecule has 24 heavy (non-hydrogen) atoms. The summed E-state index contributed by atoms with van der Waals surface area (Å²) in [5.41, 5.74) is 3.25. The molecule has 0 aliphatic rings. The Kier molecular flexibility index (Phi) is 4.93. The molecule has 126 valence electrons. The van der Waals surface area contributed by atoms with Gasteiger partial charge in [-0.2, -0.15) is 10.2 Å². The Morgan fingerprint density at radius 3 is 2.79 bits per heavy atom. The molecule has 0 aliphatic carbocycles. The van der Waals surface area contributed by atoms with Gasteiger partial charge in [-0.15, -0.1) is 0 Å². The van der Waals surface area contributed by atoms with Gasteiger partial charge in [0.15, 0.2) is 0 Å². The van der Waals surface area contributed by atoms with Crippen LogP contribution in [0.3, 0.4) is 0 Å². The van der Waals surface area contributed by atoms with Crippen LogP contribution in [0.4, 0.5) is 0 Å². The summed E-state index contributed by atoms with van der Waals surface area (Å²) in [4.78, 5) is 12.0. The fourth-order valence-electron chi connectivity index (χ4n) is 2.86. The second kappa shape index (κ2) is 7.29. The summed E-state index contributed by atoms with van der Waals surface area (Å²) in [7, 11) is 0. The fraction of sp³-hybridized carbons (Fsp3) is 0.389. The Bertz CT molecular complexity index is 833. The van der Waals surface area contributed by atoms with Crippen molar-refractivity contribution in [2.75, 3.05) is 6.54 Å². The van der Waals surface area contributed by atoms with Gasteiger partial charge in [-0.1, -0.05) is 18.2 Å². The van der Waals surface area contributed by atoms with Crippen LogP contribution in [-0.2, 0) is 17.9 Å². The minimum atomic E-state index is 0.0583. The molecular weight excluding hydrogens is 302 g/mol. The summed E-state index contributed by atoms with van der Waals surface area (Å²) in [6, 6.07) is 10.1. The van der Waals surface area contributed by atoms with Gasteiger partial charge in [-0.05, 0) is 32.4 Å². The molecule has 0 spiro atoms. The Hall–Kier alpha value is -2.63. The minimum Gasteiger partial charge on any atom is -0.356 e. The number of hydrogen-bond acceptors (Lipinski definition) is 3. The molecule has 0 fully saturated rings. The Morgan fingerprint density at radius 1 is 1.17 bits per heavy atom. The van der Waals surface area contributed by atoms with Crippen LogP contribution in [-0.4, -0.2) is 32.0 Å². The van der Waals surface area contributed by atoms with Gasteiger partial charge in [0.2, 0.25) is 5.91 Å². The van der Waals surface area contributed by atoms with Gasteiger partial charge in [0.1, 0.15) is 0 Å². The van der Waals surface area contributed by atoms with Gasteiger partial charge >= 0.3 is 0 Å². The zero-order chi connectivity index (χ0) is 16.9. The smallest absolute Gasteiger partial charge is 0.221 e. The lowest BCUT2D eigenvalue weighted by Gasteiger charge is -2.07. The van der Waals surface area contributed by atoms with E-state index >= 15 is 0 Å². The molecule has 0 bridgehead atoms. The minimum absolute atomic E-state index is 0.0583. The van der Waals surface area contributed by atoms with Gasteiger partial charge in [0.25, 0.3) is 0 Å². The van der Waals surface area contributed by atoms with Crippen LogP contribution in [0.5, 0.6) is 0 Å². The molecule has 6 heteroatoms. The number of fused-ring (bicyclic) bond motifs is 1. The van der Waals surface area contributed by atoms with E-state index in [1.165, 1.54) is 0 Å². The van der Waals surface area contributed by atoms with Crippen molar-refractivity contribution in [3.63, 3.8) is 0 Å². The molecule has 1 N–H and O–H groups in total. The average molecular weight is 325 g/mol. The Labute approximate surface area is 141 Å². The first-order valence-corrected chi connectivity index (χ1v) is 8.32. The fourth-order valence-corrected chi connectivity index (χ4v) is 2.86. The van der Waals surface area contributed by atoms with Gasteiger partial charge < -0.3 is 5.32 Å². The van der Waals surface area contributed by atoms with E-state index in [1.807, 2.05) is 53.7 Å². The molecule has 1 aromatic carbocycles. The van der Waals surface area contributed by atoms with Crippen LogP contribution in [0, 0.1) is 13.8 Å². The van der Waals surface area contributed by atoms with E-state index in [-0.39, 0.29) is 5.91 Å². The highest BCUT2D eigenvalue weighted by atomic mass is 16.1. The standard InChI is InChI=1S/C18H23N5O/c1-14-12-15(2)22(21-14)10-5-9-19-18(24)8-11-23-17-7-4-3-6-16(17)13-20-23/h3-4,6-7,12-13H,5,8-11H2,1-2H3,(H,19,24). The largest absolute Gasteiger partial charge is 0.356 e. The number of hydrogen-bond donors (Lipinski definition) is 1. The molecule has 1 amide bonds. The van der Waals surface area contributed by atoms with E-state index in [0.29, 0.717) is 19.5 Å². The molecule has 2 aromatic heterocycles. The lowest BCUT2D eigenvalue weighted by atomic mass is 10.2. The Balaban J connectivity index is 1.41. The summed E-state index contributed by atoms with van der Waals surface area (Å²) >= 11 is 0. The maximum Gasteiger partial charge on any atom is 0.221 e. The summed E-state index contributed by atoms with van der Waals surface area (Å²) in [6.45, 7) is 6.12. The van der Waals surface area contributed by atoms with Crippen molar-refractivity contribution in [3.05, 3.63) is 47.9 Å². The van der Waals surface area contributed by atoms with E-state index < -0.39 is 0 Å². The highest BCUT2D eigenvalue weighted by Gasteiger charge is 2.06. The highest BCUT2D eigenvalue weighted by Crippen LogP contribution is 2.12. The number of aryl methyl sites for hydroxylation is 4. The summed E-state index contributed by atoms with van der Waals surface area (Å²) in [6.07, 6.45) is 3.14. The van der Waals surface area contributed by atoms with Crippen molar-refractivity contribution >= 4 is 16.8 Å². The number of rotatable bonds is 7. The Morgan fingerprint density at radius 2 is 2.00 bits per heavy atom. The van der Waals surface area contributed by atoms with Crippen molar-refractivity contribution < 1.29 is 4.79 Å². The number of amides is 1. The van der Waals surface area contributed by atoms with Crippen molar-refractivity contribution in [2.24, 2.45) is 0 Å². The second-order valence-electron chi connectivity index (χ2n) is 6.03. The van der Waals surface area contributed by atoms with Crippen LogP contribution < -0.4 is 5.32 Å². The number of nitrogens with zero attached hydrogens (tertiary/aromatic N) is 4. The van der Waals surface area contributed by atoms with Gasteiger partial charge in [0, 0.05) is 30.6 Å². The van der Waals surface area contributed by atoms with Crippen LogP contribution >= 0.6 is 0 Å². The number of benzene rings is 1. The number of carbonyl (C=O) groups is 1. The highest BCUT2D eigenvalue weighted by molar-refractivity contribution is 5.79. The van der Waals surface area contributed by atoms with Gasteiger partial charge in [0.05, 0.1) is 24.0 Å². The molecule has 3 rings (SSSR count). The molecule has 0 radical (unpaired) electrons. The van der Waals surface area contributed by atoms with Crippen molar-refractivity contribution in [2.45, 2.75) is 39.8 Å². The lowest BCUT2D eigenvalue weighted by molar-refractivity contribution is -0.121. The number of nitrogens with one attached hydrogen (secondary N) is 1. The quantitative estimate of drug-likeness (QED) is 0.679. The predicted molar refractivity (Wildman–Crippen MR) is 93.7 cm³/mol. The predicted octanol–water partition coefficient (Wildman–Crippen LogP) is 2.45. The number of para-hydroxylation sites is 1. The first-order valence-electron chi connectivity index (χ1n) is 8.32. The van der Waals surface area contributed by atoms with E-state index in [1.54, 1.807) is 0 Å². The summed E-state index contributed by atoms with van der Waals surface area (Å²) in [5.74, 6) is 0.0583. The SMILES string of the molecule is Cc1cc(C)n(CCCNC(=O)CCn2ncc3ccccc32)n1. The van der Waals surface area contributed by atoms with Crippen LogP contribution in [0.2, 0.25) is 0 Å². The van der Waals surface area contributed by atoms with E-state index in [2.05, 4.69) is 21.6 Å². The summed E-state index contributed by atoms with van der Waals surface area (Å²) in [5, 5.41) is 12.8. The third-order valence-electron chi connectivity index (χ3n) is 4.07. The van der Waals surface area contributed by atoms with E-state index in [4.69, 9.17) is 0 Å². The molecule has 3 aromatic rings. The normalized spacial score (nSPS) is 11.1. The van der Waals surface area contributed by atoms with Crippen LogP contribution in [0.25, 0.3) is 10.9 Å². The van der Waals surface area contributed by atoms with E-state index in [0.717, 1.165) is 35.3 Å². The van der Waals surface area contributed by atoms with Crippen molar-refractivity contribution in [1.29, 1.82) is 0 Å². The molecule has 0 atom stereocenters. The first-order chi connectivity index (χ1) is 11.6. The lowest BCUT2D eigenvalue weighted by Crippen LogP contribution is -2.26. The number of aromatic nitrogens is 4. The molecule has 2 heterocycles. The molecule has 6 nitrogen and oxygen atoms in total. The number of carbonyl (C=O) groups excluding carboxylic acids is 1. The molecule has 0 unspecified atom stereocenters. The maximum atomic E-state index is 12.0. The molecule has 0 aliphatic heterocycles. The second-order valence-corrected chi connectivity index (χ2v) is 6.03. The third kappa shape index (κ3) is 3.82. The zero-order valence-corrected chi connectivity index (χ0v) is 14.2.